The van der Waals surface area contributed by atoms with Crippen LogP contribution < -0.4 is 0 Å². The Morgan fingerprint density at radius 1 is 1.64 bits per heavy atom. The summed E-state index contributed by atoms with van der Waals surface area (Å²) in [6.07, 6.45) is 3.02. The van der Waals surface area contributed by atoms with E-state index in [-0.39, 0.29) is 6.10 Å². The molecule has 1 aliphatic carbocycles. The van der Waals surface area contributed by atoms with Crippen molar-refractivity contribution in [2.75, 3.05) is 6.61 Å². The lowest BCUT2D eigenvalue weighted by molar-refractivity contribution is 0.110. The van der Waals surface area contributed by atoms with Gasteiger partial charge >= 0.3 is 6.16 Å². The fraction of sp³-hybridized carbons (Fsp3) is 0.875. The molecule has 3 nitrogen and oxygen atoms in total. The molecule has 0 radical (unpaired) electrons. The molecule has 2 rings (SSSR count). The van der Waals surface area contributed by atoms with E-state index in [0.29, 0.717) is 12.0 Å². The lowest BCUT2D eigenvalue weighted by Gasteiger charge is -2.10. The van der Waals surface area contributed by atoms with Crippen molar-refractivity contribution in [1.29, 1.82) is 0 Å². The molecule has 1 unspecified atom stereocenters. The number of rotatable bonds is 2. The van der Waals surface area contributed by atoms with Crippen molar-refractivity contribution < 1.29 is 14.3 Å². The van der Waals surface area contributed by atoms with E-state index in [1.165, 1.54) is 12.8 Å². The zero-order chi connectivity index (χ0) is 7.90. The van der Waals surface area contributed by atoms with Crippen molar-refractivity contribution in [2.24, 2.45) is 5.41 Å². The van der Waals surface area contributed by atoms with E-state index < -0.39 is 6.16 Å². The van der Waals surface area contributed by atoms with Crippen LogP contribution in [0.4, 0.5) is 4.79 Å². The molecule has 0 bridgehead atoms. The Balaban J connectivity index is 1.83. The number of hydrogen-bond acceptors (Lipinski definition) is 3. The molecule has 0 aromatic carbocycles. The zero-order valence-electron chi connectivity index (χ0n) is 6.63. The molecule has 1 atom stereocenters. The highest BCUT2D eigenvalue weighted by molar-refractivity contribution is 5.61. The van der Waals surface area contributed by atoms with Crippen LogP contribution in [0.25, 0.3) is 0 Å². The van der Waals surface area contributed by atoms with Crippen LogP contribution in [0.15, 0.2) is 0 Å². The first-order valence-corrected chi connectivity index (χ1v) is 4.01. The van der Waals surface area contributed by atoms with Crippen LogP contribution in [0.1, 0.15) is 26.2 Å². The monoisotopic (exact) mass is 156 g/mol. The summed E-state index contributed by atoms with van der Waals surface area (Å²) < 4.78 is 9.59. The molecule has 2 fully saturated rings. The average molecular weight is 156 g/mol. The maximum atomic E-state index is 10.5. The Hall–Kier alpha value is -0.730. The summed E-state index contributed by atoms with van der Waals surface area (Å²) in [7, 11) is 0. The molecule has 3 heteroatoms. The fourth-order valence-corrected chi connectivity index (χ4v) is 1.43. The molecule has 1 heterocycles. The van der Waals surface area contributed by atoms with Gasteiger partial charge in [0.05, 0.1) is 0 Å². The highest BCUT2D eigenvalue weighted by Crippen LogP contribution is 2.49. The Labute approximate surface area is 65.7 Å². The maximum absolute atomic E-state index is 10.5. The van der Waals surface area contributed by atoms with E-state index in [1.54, 1.807) is 0 Å². The summed E-state index contributed by atoms with van der Waals surface area (Å²) in [6, 6.07) is 0. The van der Waals surface area contributed by atoms with Crippen molar-refractivity contribution in [3.05, 3.63) is 0 Å². The van der Waals surface area contributed by atoms with E-state index in [9.17, 15) is 4.79 Å². The van der Waals surface area contributed by atoms with Crippen molar-refractivity contribution in [3.63, 3.8) is 0 Å². The van der Waals surface area contributed by atoms with Gasteiger partial charge in [0, 0.05) is 0 Å². The van der Waals surface area contributed by atoms with Crippen LogP contribution >= 0.6 is 0 Å². The smallest absolute Gasteiger partial charge is 0.430 e. The molecular weight excluding hydrogens is 144 g/mol. The predicted molar refractivity (Wildman–Crippen MR) is 38.2 cm³/mol. The zero-order valence-corrected chi connectivity index (χ0v) is 6.63. The quantitative estimate of drug-likeness (QED) is 0.571. The molecule has 2 aliphatic rings. The second-order valence-electron chi connectivity index (χ2n) is 3.82. The highest BCUT2D eigenvalue weighted by Gasteiger charge is 2.42. The van der Waals surface area contributed by atoms with Crippen molar-refractivity contribution in [3.8, 4) is 0 Å². The number of carbonyl (C=O) groups excluding carboxylic acids is 1. The minimum atomic E-state index is -0.501. The molecule has 0 spiro atoms. The van der Waals surface area contributed by atoms with Gasteiger partial charge in [-0.1, -0.05) is 6.92 Å². The van der Waals surface area contributed by atoms with E-state index in [1.807, 2.05) is 0 Å². The van der Waals surface area contributed by atoms with Crippen LogP contribution in [0, 0.1) is 5.41 Å². The summed E-state index contributed by atoms with van der Waals surface area (Å²) in [5.41, 5.74) is 0.443. The summed E-state index contributed by atoms with van der Waals surface area (Å²) in [5, 5.41) is 0. The van der Waals surface area contributed by atoms with Crippen LogP contribution in [-0.2, 0) is 9.47 Å². The third-order valence-corrected chi connectivity index (χ3v) is 2.47. The Morgan fingerprint density at radius 2 is 2.36 bits per heavy atom. The summed E-state index contributed by atoms with van der Waals surface area (Å²) in [5.74, 6) is 0. The third-order valence-electron chi connectivity index (χ3n) is 2.47. The fourth-order valence-electron chi connectivity index (χ4n) is 1.43. The van der Waals surface area contributed by atoms with Crippen LogP contribution in [-0.4, -0.2) is 18.9 Å². The van der Waals surface area contributed by atoms with Gasteiger partial charge in [-0.05, 0) is 24.7 Å². The minimum Gasteiger partial charge on any atom is -0.430 e. The number of ether oxygens (including phenoxy) is 2. The molecule has 62 valence electrons. The third kappa shape index (κ3) is 1.47. The Morgan fingerprint density at radius 3 is 2.82 bits per heavy atom. The van der Waals surface area contributed by atoms with Crippen LogP contribution in [0.3, 0.4) is 0 Å². The summed E-state index contributed by atoms with van der Waals surface area (Å²) in [6.45, 7) is 2.67. The van der Waals surface area contributed by atoms with Crippen molar-refractivity contribution in [2.45, 2.75) is 32.3 Å². The number of carbonyl (C=O) groups is 1. The van der Waals surface area contributed by atoms with Gasteiger partial charge in [-0.15, -0.1) is 0 Å². The molecule has 1 saturated carbocycles. The second kappa shape index (κ2) is 2.13. The summed E-state index contributed by atoms with van der Waals surface area (Å²) in [4.78, 5) is 10.5. The standard InChI is InChI=1S/C8H12O3/c1-8(2-3-8)4-6-5-10-7(9)11-6/h6H,2-5H2,1H3. The Kier molecular flexibility index (Phi) is 1.34. The lowest BCUT2D eigenvalue weighted by atomic mass is 10.0. The van der Waals surface area contributed by atoms with Gasteiger partial charge in [0.2, 0.25) is 0 Å². The van der Waals surface area contributed by atoms with Crippen LogP contribution in [0.2, 0.25) is 0 Å². The minimum absolute atomic E-state index is 0.0231. The first-order valence-electron chi connectivity index (χ1n) is 4.01. The van der Waals surface area contributed by atoms with Crippen molar-refractivity contribution >= 4 is 6.16 Å². The molecular formula is C8H12O3. The molecule has 1 aliphatic heterocycles. The van der Waals surface area contributed by atoms with Gasteiger partial charge < -0.3 is 9.47 Å². The molecule has 11 heavy (non-hydrogen) atoms. The van der Waals surface area contributed by atoms with Gasteiger partial charge in [-0.25, -0.2) is 4.79 Å². The summed E-state index contributed by atoms with van der Waals surface area (Å²) >= 11 is 0. The largest absolute Gasteiger partial charge is 0.508 e. The topological polar surface area (TPSA) is 35.5 Å². The van der Waals surface area contributed by atoms with E-state index in [4.69, 9.17) is 4.74 Å². The first-order chi connectivity index (χ1) is 5.18. The van der Waals surface area contributed by atoms with Gasteiger partial charge in [0.15, 0.2) is 0 Å². The van der Waals surface area contributed by atoms with Crippen molar-refractivity contribution in [1.82, 2.24) is 0 Å². The highest BCUT2D eigenvalue weighted by atomic mass is 16.8. The SMILES string of the molecule is CC1(CC2COC(=O)O2)CC1. The van der Waals surface area contributed by atoms with Gasteiger partial charge in [0.25, 0.3) is 0 Å². The first kappa shape index (κ1) is 6.95. The van der Waals surface area contributed by atoms with E-state index in [0.717, 1.165) is 6.42 Å². The average Bonchev–Trinajstić information content (AvgIpc) is 2.49. The normalized spacial score (nSPS) is 32.8. The molecule has 0 N–H and O–H groups in total. The predicted octanol–water partition coefficient (Wildman–Crippen LogP) is 1.71. The second-order valence-corrected chi connectivity index (χ2v) is 3.82. The van der Waals surface area contributed by atoms with Gasteiger partial charge in [0.1, 0.15) is 12.7 Å². The van der Waals surface area contributed by atoms with Crippen LogP contribution in [0.5, 0.6) is 0 Å². The van der Waals surface area contributed by atoms with Gasteiger partial charge in [-0.3, -0.25) is 0 Å². The molecule has 0 aromatic heterocycles. The molecule has 0 amide bonds. The molecule has 0 aromatic rings. The number of hydrogen-bond donors (Lipinski definition) is 0. The van der Waals surface area contributed by atoms with E-state index in [2.05, 4.69) is 11.7 Å². The Bertz CT molecular complexity index is 184. The molecule has 1 saturated heterocycles. The number of cyclic esters (lactones) is 2. The van der Waals surface area contributed by atoms with E-state index >= 15 is 0 Å². The lowest BCUT2D eigenvalue weighted by Crippen LogP contribution is -2.14. The maximum Gasteiger partial charge on any atom is 0.508 e. The van der Waals surface area contributed by atoms with Gasteiger partial charge in [-0.2, -0.15) is 0 Å².